The summed E-state index contributed by atoms with van der Waals surface area (Å²) < 4.78 is 9.18. The normalized spacial score (nSPS) is 15.7. The SMILES string of the molecule is CCc1c(NC(=O)OCCCN2CCC[C@H](O)C2)cn2ncnc(Nc3ccc4c(cnn4Cc4ccccc4)c3)c12. The molecule has 1 aliphatic heterocycles. The molecule has 3 N–H and O–H groups in total. The first-order valence-corrected chi connectivity index (χ1v) is 14.5. The van der Waals surface area contributed by atoms with Crippen molar-refractivity contribution in [3.63, 3.8) is 0 Å². The minimum atomic E-state index is -0.500. The molecular formula is C31H36N8O3. The van der Waals surface area contributed by atoms with E-state index in [-0.39, 0.29) is 6.10 Å². The van der Waals surface area contributed by atoms with Gasteiger partial charge in [-0.25, -0.2) is 14.3 Å². The van der Waals surface area contributed by atoms with Gasteiger partial charge in [0.1, 0.15) is 11.8 Å². The lowest BCUT2D eigenvalue weighted by Crippen LogP contribution is -2.39. The number of ether oxygens (including phenoxy) is 1. The average Bonchev–Trinajstić information content (AvgIpc) is 3.56. The van der Waals surface area contributed by atoms with E-state index in [1.807, 2.05) is 42.1 Å². The molecule has 1 aliphatic rings. The van der Waals surface area contributed by atoms with E-state index in [0.717, 1.165) is 53.6 Å². The molecule has 1 saturated heterocycles. The lowest BCUT2D eigenvalue weighted by atomic mass is 10.1. The number of anilines is 3. The van der Waals surface area contributed by atoms with Gasteiger partial charge in [-0.15, -0.1) is 0 Å². The van der Waals surface area contributed by atoms with Crippen LogP contribution in [0.25, 0.3) is 16.4 Å². The number of aromatic nitrogens is 5. The predicted octanol–water partition coefficient (Wildman–Crippen LogP) is 4.83. The molecule has 0 radical (unpaired) electrons. The highest BCUT2D eigenvalue weighted by molar-refractivity contribution is 5.91. The third kappa shape index (κ3) is 6.22. The summed E-state index contributed by atoms with van der Waals surface area (Å²) in [6.07, 6.45) is 7.63. The molecule has 0 aliphatic carbocycles. The maximum atomic E-state index is 12.6. The van der Waals surface area contributed by atoms with E-state index < -0.39 is 6.09 Å². The smallest absolute Gasteiger partial charge is 0.411 e. The van der Waals surface area contributed by atoms with Crippen LogP contribution in [0.5, 0.6) is 0 Å². The third-order valence-electron chi connectivity index (χ3n) is 7.68. The number of nitrogens with zero attached hydrogens (tertiary/aromatic N) is 6. The Bertz CT molecular complexity index is 1670. The van der Waals surface area contributed by atoms with Gasteiger partial charge in [0.2, 0.25) is 0 Å². The number of rotatable bonds is 10. The summed E-state index contributed by atoms with van der Waals surface area (Å²) in [5.41, 5.74) is 5.46. The van der Waals surface area contributed by atoms with Crippen molar-refractivity contribution >= 4 is 39.7 Å². The Kier molecular flexibility index (Phi) is 8.29. The van der Waals surface area contributed by atoms with Crippen LogP contribution in [-0.4, -0.2) is 72.8 Å². The molecule has 3 aromatic heterocycles. The van der Waals surface area contributed by atoms with Crippen LogP contribution in [0.15, 0.2) is 67.3 Å². The number of aliphatic hydroxyl groups is 1. The lowest BCUT2D eigenvalue weighted by molar-refractivity contribution is 0.0660. The van der Waals surface area contributed by atoms with Gasteiger partial charge in [-0.3, -0.25) is 10.00 Å². The van der Waals surface area contributed by atoms with E-state index in [2.05, 4.69) is 55.0 Å². The molecule has 0 spiro atoms. The Morgan fingerprint density at radius 1 is 1.17 bits per heavy atom. The molecule has 5 aromatic rings. The van der Waals surface area contributed by atoms with Gasteiger partial charge in [0.05, 0.1) is 42.9 Å². The molecule has 1 fully saturated rings. The molecule has 6 rings (SSSR count). The zero-order valence-electron chi connectivity index (χ0n) is 23.7. The quantitative estimate of drug-likeness (QED) is 0.205. The Labute approximate surface area is 244 Å². The summed E-state index contributed by atoms with van der Waals surface area (Å²) >= 11 is 0. The van der Waals surface area contributed by atoms with Gasteiger partial charge >= 0.3 is 6.09 Å². The van der Waals surface area contributed by atoms with Crippen molar-refractivity contribution in [2.45, 2.75) is 45.3 Å². The van der Waals surface area contributed by atoms with E-state index in [4.69, 9.17) is 4.74 Å². The third-order valence-corrected chi connectivity index (χ3v) is 7.68. The number of carbonyl (C=O) groups excluding carboxylic acids is 1. The minimum absolute atomic E-state index is 0.256. The topological polar surface area (TPSA) is 122 Å². The van der Waals surface area contributed by atoms with Gasteiger partial charge in [0.25, 0.3) is 0 Å². The maximum absolute atomic E-state index is 12.6. The van der Waals surface area contributed by atoms with Crippen molar-refractivity contribution < 1.29 is 14.6 Å². The lowest BCUT2D eigenvalue weighted by Gasteiger charge is -2.29. The van der Waals surface area contributed by atoms with Crippen LogP contribution < -0.4 is 10.6 Å². The average molecular weight is 569 g/mol. The van der Waals surface area contributed by atoms with Crippen molar-refractivity contribution in [3.05, 3.63) is 78.4 Å². The van der Waals surface area contributed by atoms with Crippen LogP contribution in [0.1, 0.15) is 37.3 Å². The van der Waals surface area contributed by atoms with Crippen LogP contribution >= 0.6 is 0 Å². The first-order chi connectivity index (χ1) is 20.6. The number of aryl methyl sites for hydroxylation is 1. The second-order valence-corrected chi connectivity index (χ2v) is 10.7. The molecule has 11 heteroatoms. The zero-order chi connectivity index (χ0) is 28.9. The summed E-state index contributed by atoms with van der Waals surface area (Å²) in [6, 6.07) is 16.4. The first-order valence-electron chi connectivity index (χ1n) is 14.5. The van der Waals surface area contributed by atoms with Gasteiger partial charge in [0.15, 0.2) is 5.82 Å². The Balaban J connectivity index is 1.13. The number of nitrogens with one attached hydrogen (secondary N) is 2. The summed E-state index contributed by atoms with van der Waals surface area (Å²) in [5.74, 6) is 0.642. The fourth-order valence-corrected chi connectivity index (χ4v) is 5.65. The van der Waals surface area contributed by atoms with Crippen LogP contribution in [0.3, 0.4) is 0 Å². The molecule has 0 bridgehead atoms. The number of β-amino-alcohol motifs (C(OH)–C–C–N with tert-alkyl or cyclic N) is 1. The number of aliphatic hydroxyl groups excluding tert-OH is 1. The number of piperidine rings is 1. The minimum Gasteiger partial charge on any atom is -0.449 e. The van der Waals surface area contributed by atoms with Crippen LogP contribution in [0, 0.1) is 0 Å². The molecule has 1 amide bonds. The van der Waals surface area contributed by atoms with Crippen molar-refractivity contribution in [2.24, 2.45) is 0 Å². The van der Waals surface area contributed by atoms with E-state index in [1.54, 1.807) is 10.7 Å². The molecule has 2 aromatic carbocycles. The van der Waals surface area contributed by atoms with Crippen molar-refractivity contribution in [1.29, 1.82) is 0 Å². The first kappa shape index (κ1) is 27.7. The molecular weight excluding hydrogens is 532 g/mol. The summed E-state index contributed by atoms with van der Waals surface area (Å²) in [7, 11) is 0. The maximum Gasteiger partial charge on any atom is 0.411 e. The number of hydrogen-bond acceptors (Lipinski definition) is 8. The molecule has 218 valence electrons. The van der Waals surface area contributed by atoms with Gasteiger partial charge in [-0.2, -0.15) is 10.2 Å². The van der Waals surface area contributed by atoms with E-state index in [9.17, 15) is 9.90 Å². The predicted molar refractivity (Wildman–Crippen MR) is 162 cm³/mol. The highest BCUT2D eigenvalue weighted by Gasteiger charge is 2.19. The highest BCUT2D eigenvalue weighted by Crippen LogP contribution is 2.30. The van der Waals surface area contributed by atoms with Gasteiger partial charge in [-0.1, -0.05) is 37.3 Å². The van der Waals surface area contributed by atoms with E-state index >= 15 is 0 Å². The van der Waals surface area contributed by atoms with Crippen LogP contribution in [0.2, 0.25) is 0 Å². The highest BCUT2D eigenvalue weighted by atomic mass is 16.5. The van der Waals surface area contributed by atoms with Gasteiger partial charge < -0.3 is 20.1 Å². The van der Waals surface area contributed by atoms with Crippen LogP contribution in [-0.2, 0) is 17.7 Å². The van der Waals surface area contributed by atoms with Gasteiger partial charge in [0, 0.05) is 29.7 Å². The fraction of sp³-hybridized carbons (Fsp3) is 0.355. The molecule has 1 atom stereocenters. The Morgan fingerprint density at radius 2 is 2.05 bits per heavy atom. The molecule has 4 heterocycles. The Hall–Kier alpha value is -4.48. The second-order valence-electron chi connectivity index (χ2n) is 10.7. The number of fused-ring (bicyclic) bond motifs is 2. The Morgan fingerprint density at radius 3 is 2.88 bits per heavy atom. The molecule has 0 unspecified atom stereocenters. The van der Waals surface area contributed by atoms with Crippen LogP contribution in [0.4, 0.5) is 22.0 Å². The molecule has 11 nitrogen and oxygen atoms in total. The summed E-state index contributed by atoms with van der Waals surface area (Å²) in [6.45, 7) is 5.50. The number of carbonyl (C=O) groups is 1. The largest absolute Gasteiger partial charge is 0.449 e. The van der Waals surface area contributed by atoms with Crippen molar-refractivity contribution in [1.82, 2.24) is 29.3 Å². The molecule has 0 saturated carbocycles. The number of benzene rings is 2. The number of amides is 1. The van der Waals surface area contributed by atoms with E-state index in [1.165, 1.54) is 11.9 Å². The van der Waals surface area contributed by atoms with Crippen molar-refractivity contribution in [3.8, 4) is 0 Å². The second kappa shape index (κ2) is 12.6. The number of likely N-dealkylation sites (tertiary alicyclic amines) is 1. The summed E-state index contributed by atoms with van der Waals surface area (Å²) in [4.78, 5) is 19.4. The molecule has 42 heavy (non-hydrogen) atoms. The zero-order valence-corrected chi connectivity index (χ0v) is 23.7. The van der Waals surface area contributed by atoms with E-state index in [0.29, 0.717) is 44.0 Å². The fourth-order valence-electron chi connectivity index (χ4n) is 5.65. The monoisotopic (exact) mass is 568 g/mol. The van der Waals surface area contributed by atoms with Gasteiger partial charge in [-0.05, 0) is 56.0 Å². The standard InChI is InChI=1S/C31H36N8O3/c1-2-26-27(36-31(41)42-15-7-14-37-13-6-10-25(40)19-37)20-39-29(26)30(32-21-34-39)35-24-11-12-28-23(16-24)17-33-38(28)18-22-8-4-3-5-9-22/h3-5,8-9,11-12,16-17,20-21,25,40H,2,6-7,10,13-15,18-19H2,1H3,(H,36,41)(H,32,34,35)/t25-/m0/s1. The van der Waals surface area contributed by atoms with Crippen molar-refractivity contribution in [2.75, 3.05) is 36.9 Å². The summed E-state index contributed by atoms with van der Waals surface area (Å²) in [5, 5.41) is 26.2. The number of hydrogen-bond donors (Lipinski definition) is 3.